The van der Waals surface area contributed by atoms with Crippen molar-refractivity contribution in [1.29, 1.82) is 0 Å². The minimum Gasteiger partial charge on any atom is -0.507 e. The van der Waals surface area contributed by atoms with Crippen LogP contribution in [0, 0.1) is 0 Å². The van der Waals surface area contributed by atoms with Gasteiger partial charge in [-0.2, -0.15) is 0 Å². The van der Waals surface area contributed by atoms with Gasteiger partial charge in [0.1, 0.15) is 11.5 Å². The number of guanidine groups is 1. The van der Waals surface area contributed by atoms with E-state index in [4.69, 9.17) is 25.0 Å². The van der Waals surface area contributed by atoms with Crippen molar-refractivity contribution < 1.29 is 46.6 Å². The van der Waals surface area contributed by atoms with E-state index < -0.39 is 6.16 Å². The maximum Gasteiger partial charge on any atom is 0.503 e. The molecule has 2 unspecified atom stereocenters. The van der Waals surface area contributed by atoms with Crippen LogP contribution in [0.2, 0.25) is 0 Å². The predicted molar refractivity (Wildman–Crippen MR) is 235 cm³/mol. The number of hydrogen-bond acceptors (Lipinski definition) is 7. The molecule has 1 radical (unpaired) electrons. The molecular formula is C47H74CoN5O5+. The van der Waals surface area contributed by atoms with Gasteiger partial charge in [0.25, 0.3) is 0 Å². The number of benzene rings is 2. The largest absolute Gasteiger partial charge is 0.507 e. The summed E-state index contributed by atoms with van der Waals surface area (Å²) in [6.07, 6.45) is 14.5. The summed E-state index contributed by atoms with van der Waals surface area (Å²) >= 11 is 0. The quantitative estimate of drug-likeness (QED) is 0.101. The molecule has 2 aromatic rings. The number of aryl methyl sites for hydroxylation is 1. The van der Waals surface area contributed by atoms with Gasteiger partial charge in [0.2, 0.25) is 0 Å². The SMILES string of the molecule is C[N+]1=C2N(CCCCCCc3cc(C=NC4CCCCC4N=Cc4cc(C(C)(C)C)cc(C(C)(C)C)c4O)c(O)c(C(C)(C)C)c3)CCCN2CCC1.O=C(O)O.[Co]. The second kappa shape index (κ2) is 21.1. The van der Waals surface area contributed by atoms with E-state index in [9.17, 15) is 10.2 Å². The van der Waals surface area contributed by atoms with Crippen LogP contribution in [-0.2, 0) is 39.4 Å². The van der Waals surface area contributed by atoms with Gasteiger partial charge in [-0.25, -0.2) is 4.79 Å². The van der Waals surface area contributed by atoms with Gasteiger partial charge < -0.3 is 20.4 Å². The average molecular weight is 848 g/mol. The number of nitrogens with zero attached hydrogens (tertiary/aromatic N) is 5. The number of aromatic hydroxyl groups is 2. The smallest absolute Gasteiger partial charge is 0.503 e. The van der Waals surface area contributed by atoms with Crippen LogP contribution in [-0.4, -0.2) is 111 Å². The van der Waals surface area contributed by atoms with Crippen molar-refractivity contribution in [1.82, 2.24) is 9.80 Å². The van der Waals surface area contributed by atoms with Crippen LogP contribution in [0.5, 0.6) is 11.5 Å². The summed E-state index contributed by atoms with van der Waals surface area (Å²) in [4.78, 5) is 24.0. The van der Waals surface area contributed by atoms with Crippen molar-refractivity contribution in [3.05, 3.63) is 57.6 Å². The normalized spacial score (nSPS) is 19.2. The molecule has 2 atom stereocenters. The first-order valence-corrected chi connectivity index (χ1v) is 21.5. The first-order chi connectivity index (χ1) is 26.7. The number of phenolic OH excluding ortho intramolecular Hbond substituents is 2. The van der Waals surface area contributed by atoms with Crippen LogP contribution in [0.3, 0.4) is 0 Å². The van der Waals surface area contributed by atoms with E-state index in [-0.39, 0.29) is 45.1 Å². The Balaban J connectivity index is 0.00000172. The predicted octanol–water partition coefficient (Wildman–Crippen LogP) is 9.57. The van der Waals surface area contributed by atoms with Gasteiger partial charge in [0, 0.05) is 64.3 Å². The first-order valence-electron chi connectivity index (χ1n) is 21.5. The standard InChI is InChI=1S/C46H71N5O2.CH2O3.Co/c1-44(2,3)36-29-35(42(53)38(30-36)46(7,8)9)32-48-40-21-15-14-20-39(40)47-31-34-27-33(28-37(41(34)52)45(4,5)6)19-13-11-12-16-23-50-25-18-26-51-24-17-22-49(10)43(50)51;2-1(3)4;/h27-32,39-40H,11-26H2,1-10H3,(H-,47,48,52,53);(H2,2,3,4);/p+1. The number of carbonyl (C=O) groups is 1. The zero-order chi connectivity index (χ0) is 42.1. The van der Waals surface area contributed by atoms with Crippen molar-refractivity contribution in [2.45, 2.75) is 161 Å². The van der Waals surface area contributed by atoms with Crippen LogP contribution in [0.4, 0.5) is 4.79 Å². The second-order valence-corrected chi connectivity index (χ2v) is 19.6. The number of hydrogen-bond donors (Lipinski definition) is 4. The minimum atomic E-state index is -1.83. The Hall–Kier alpha value is -3.57. The van der Waals surface area contributed by atoms with Gasteiger partial charge in [-0.3, -0.25) is 24.4 Å². The summed E-state index contributed by atoms with van der Waals surface area (Å²) in [5.74, 6) is 2.13. The molecule has 4 N–H and O–H groups in total. The summed E-state index contributed by atoms with van der Waals surface area (Å²) < 4.78 is 2.46. The molecule has 11 heteroatoms. The van der Waals surface area contributed by atoms with E-state index in [1.807, 2.05) is 12.4 Å². The number of unbranched alkanes of at least 4 members (excludes halogenated alkanes) is 3. The molecular weight excluding hydrogens is 773 g/mol. The molecule has 2 aromatic carbocycles. The first kappa shape index (κ1) is 48.8. The minimum absolute atomic E-state index is 0. The van der Waals surface area contributed by atoms with Gasteiger partial charge in [0.15, 0.2) is 0 Å². The van der Waals surface area contributed by atoms with E-state index in [1.165, 1.54) is 75.4 Å². The van der Waals surface area contributed by atoms with E-state index >= 15 is 0 Å². The van der Waals surface area contributed by atoms with Crippen LogP contribution in [0.25, 0.3) is 0 Å². The summed E-state index contributed by atoms with van der Waals surface area (Å²) in [7, 11) is 2.26. The van der Waals surface area contributed by atoms with Gasteiger partial charge in [-0.1, -0.05) is 100 Å². The molecule has 2 fully saturated rings. The molecule has 3 aliphatic rings. The third-order valence-electron chi connectivity index (χ3n) is 11.7. The molecule has 2 heterocycles. The maximum absolute atomic E-state index is 11.5. The molecule has 325 valence electrons. The average Bonchev–Trinajstić information content (AvgIpc) is 3.11. The van der Waals surface area contributed by atoms with E-state index in [1.54, 1.807) is 0 Å². The third kappa shape index (κ3) is 13.7. The van der Waals surface area contributed by atoms with Gasteiger partial charge >= 0.3 is 12.1 Å². The molecule has 2 aliphatic heterocycles. The van der Waals surface area contributed by atoms with Crippen LogP contribution in [0.1, 0.15) is 160 Å². The number of phenols is 2. The third-order valence-corrected chi connectivity index (χ3v) is 11.7. The number of aliphatic imine (C=N–C) groups is 2. The van der Waals surface area contributed by atoms with Crippen LogP contribution < -0.4 is 0 Å². The number of fused-ring (bicyclic) bond motifs is 1. The van der Waals surface area contributed by atoms with Crippen molar-refractivity contribution >= 4 is 24.5 Å². The molecule has 0 bridgehead atoms. The van der Waals surface area contributed by atoms with Crippen molar-refractivity contribution in [3.8, 4) is 11.5 Å². The molecule has 0 amide bonds. The molecule has 10 nitrogen and oxygen atoms in total. The van der Waals surface area contributed by atoms with Crippen molar-refractivity contribution in [2.75, 3.05) is 39.8 Å². The molecule has 58 heavy (non-hydrogen) atoms. The van der Waals surface area contributed by atoms with Gasteiger partial charge in [-0.05, 0) is 71.6 Å². The Labute approximate surface area is 359 Å². The zero-order valence-electron chi connectivity index (χ0n) is 37.2. The molecule has 0 spiro atoms. The summed E-state index contributed by atoms with van der Waals surface area (Å²) in [6, 6.07) is 8.72. The van der Waals surface area contributed by atoms with Crippen molar-refractivity contribution in [3.63, 3.8) is 0 Å². The Morgan fingerprint density at radius 2 is 1.24 bits per heavy atom. The molecule has 1 saturated heterocycles. The fourth-order valence-electron chi connectivity index (χ4n) is 8.43. The van der Waals surface area contributed by atoms with Gasteiger partial charge in [0.05, 0.1) is 51.9 Å². The Bertz CT molecular complexity index is 1760. The maximum atomic E-state index is 11.5. The Morgan fingerprint density at radius 3 is 1.79 bits per heavy atom. The summed E-state index contributed by atoms with van der Waals surface area (Å²) in [5.41, 5.74) is 5.61. The fourth-order valence-corrected chi connectivity index (χ4v) is 8.43. The monoisotopic (exact) mass is 848 g/mol. The molecule has 5 rings (SSSR count). The topological polar surface area (TPSA) is 132 Å². The van der Waals surface area contributed by atoms with Gasteiger partial charge in [-0.15, -0.1) is 0 Å². The molecule has 0 aromatic heterocycles. The molecule has 1 aliphatic carbocycles. The fraction of sp³-hybridized carbons (Fsp3) is 0.660. The summed E-state index contributed by atoms with van der Waals surface area (Å²) in [6.45, 7) is 25.5. The van der Waals surface area contributed by atoms with E-state index in [0.717, 1.165) is 67.3 Å². The second-order valence-electron chi connectivity index (χ2n) is 19.6. The molecule has 1 saturated carbocycles. The Kier molecular flexibility index (Phi) is 17.7. The number of rotatable bonds is 11. The van der Waals surface area contributed by atoms with Crippen LogP contribution >= 0.6 is 0 Å². The summed E-state index contributed by atoms with van der Waals surface area (Å²) in [5, 5.41) is 36.8. The zero-order valence-corrected chi connectivity index (χ0v) is 38.2. The van der Waals surface area contributed by atoms with E-state index in [2.05, 4.69) is 108 Å². The van der Waals surface area contributed by atoms with E-state index in [0.29, 0.717) is 11.5 Å². The Morgan fingerprint density at radius 1 is 0.724 bits per heavy atom. The number of carboxylic acid groups (broad SMARTS) is 2. The van der Waals surface area contributed by atoms with Crippen LogP contribution in [0.15, 0.2) is 34.3 Å². The van der Waals surface area contributed by atoms with Crippen molar-refractivity contribution in [2.24, 2.45) is 9.98 Å².